The van der Waals surface area contributed by atoms with Crippen LogP contribution in [0.2, 0.25) is 0 Å². The molecule has 0 spiro atoms. The van der Waals surface area contributed by atoms with Gasteiger partial charge in [-0.25, -0.2) is 9.97 Å². The highest BCUT2D eigenvalue weighted by Gasteiger charge is 2.22. The maximum Gasteiger partial charge on any atom is 0.161 e. The van der Waals surface area contributed by atoms with Gasteiger partial charge in [-0.3, -0.25) is 0 Å². The van der Waals surface area contributed by atoms with Crippen molar-refractivity contribution in [3.63, 3.8) is 0 Å². The Labute approximate surface area is 144 Å². The number of nitrogen functional groups attached to an aromatic ring is 1. The molecule has 2 aromatic rings. The van der Waals surface area contributed by atoms with Crippen LogP contribution < -0.4 is 5.73 Å². The molecule has 0 aliphatic rings. The van der Waals surface area contributed by atoms with Gasteiger partial charge in [-0.05, 0) is 40.5 Å². The summed E-state index contributed by atoms with van der Waals surface area (Å²) in [6, 6.07) is 8.34. The number of hydrogen-bond acceptors (Lipinski definition) is 4. The van der Waals surface area contributed by atoms with Gasteiger partial charge in [0.1, 0.15) is 5.82 Å². The zero-order valence-electron chi connectivity index (χ0n) is 12.8. The predicted octanol–water partition coefficient (Wildman–Crippen LogP) is 4.74. The molecule has 0 unspecified atom stereocenters. The normalized spacial score (nSPS) is 11.7. The van der Waals surface area contributed by atoms with E-state index in [1.54, 1.807) is 0 Å². The molecule has 21 heavy (non-hydrogen) atoms. The van der Waals surface area contributed by atoms with E-state index in [4.69, 9.17) is 10.7 Å². The lowest BCUT2D eigenvalue weighted by Crippen LogP contribution is -2.18. The Morgan fingerprint density at radius 1 is 1.14 bits per heavy atom. The number of rotatable bonds is 3. The number of halogens is 1. The van der Waals surface area contributed by atoms with E-state index in [9.17, 15) is 0 Å². The van der Waals surface area contributed by atoms with Crippen molar-refractivity contribution in [3.8, 4) is 11.4 Å². The first-order valence-corrected chi connectivity index (χ1v) is 8.96. The first kappa shape index (κ1) is 16.5. The predicted molar refractivity (Wildman–Crippen MR) is 99.7 cm³/mol. The molecule has 1 aromatic heterocycles. The lowest BCUT2D eigenvalue weighted by molar-refractivity contribution is 0.564. The van der Waals surface area contributed by atoms with Gasteiger partial charge in [0.05, 0.1) is 9.26 Å². The minimum absolute atomic E-state index is 0.0552. The van der Waals surface area contributed by atoms with Gasteiger partial charge in [0, 0.05) is 15.9 Å². The highest BCUT2D eigenvalue weighted by molar-refractivity contribution is 14.1. The molecule has 0 saturated heterocycles. The number of anilines is 1. The van der Waals surface area contributed by atoms with E-state index < -0.39 is 0 Å². The van der Waals surface area contributed by atoms with Crippen LogP contribution in [0.15, 0.2) is 29.2 Å². The number of thioether (sulfide) groups is 1. The second-order valence-corrected chi connectivity index (χ2v) is 8.22. The number of benzene rings is 1. The van der Waals surface area contributed by atoms with E-state index in [2.05, 4.69) is 79.5 Å². The van der Waals surface area contributed by atoms with Gasteiger partial charge in [0.2, 0.25) is 0 Å². The molecule has 0 radical (unpaired) electrons. The fourth-order valence-corrected chi connectivity index (χ4v) is 3.67. The molecule has 0 fully saturated rings. The van der Waals surface area contributed by atoms with Crippen molar-refractivity contribution in [2.75, 3.05) is 11.5 Å². The van der Waals surface area contributed by atoms with E-state index >= 15 is 0 Å². The van der Waals surface area contributed by atoms with Crippen molar-refractivity contribution in [1.29, 1.82) is 0 Å². The highest BCUT2D eigenvalue weighted by atomic mass is 127. The monoisotopic (exact) mass is 413 g/mol. The van der Waals surface area contributed by atoms with E-state index in [1.165, 1.54) is 4.90 Å². The topological polar surface area (TPSA) is 51.8 Å². The van der Waals surface area contributed by atoms with Gasteiger partial charge >= 0.3 is 0 Å². The Bertz CT molecular complexity index is 633. The number of nitrogens with two attached hydrogens (primary N) is 1. The van der Waals surface area contributed by atoms with E-state index in [1.807, 2.05) is 11.8 Å². The zero-order valence-corrected chi connectivity index (χ0v) is 15.7. The Hall–Kier alpha value is -0.820. The van der Waals surface area contributed by atoms with Crippen molar-refractivity contribution >= 4 is 40.2 Å². The third kappa shape index (κ3) is 3.88. The van der Waals surface area contributed by atoms with Crippen molar-refractivity contribution in [2.24, 2.45) is 0 Å². The second-order valence-electron chi connectivity index (χ2n) is 5.80. The van der Waals surface area contributed by atoms with Gasteiger partial charge in [0.15, 0.2) is 5.82 Å². The van der Waals surface area contributed by atoms with Crippen LogP contribution in [0.4, 0.5) is 5.82 Å². The van der Waals surface area contributed by atoms with Crippen molar-refractivity contribution in [2.45, 2.75) is 38.0 Å². The third-order valence-electron chi connectivity index (χ3n) is 3.01. The summed E-state index contributed by atoms with van der Waals surface area (Å²) in [5, 5.41) is 0. The summed E-state index contributed by atoms with van der Waals surface area (Å²) in [7, 11) is 0. The molecule has 3 nitrogen and oxygen atoms in total. The molecule has 0 saturated carbocycles. The molecule has 1 heterocycles. The summed E-state index contributed by atoms with van der Waals surface area (Å²) >= 11 is 4.05. The van der Waals surface area contributed by atoms with E-state index in [0.717, 1.165) is 20.6 Å². The van der Waals surface area contributed by atoms with Gasteiger partial charge in [0.25, 0.3) is 0 Å². The third-order valence-corrected chi connectivity index (χ3v) is 4.97. The van der Waals surface area contributed by atoms with Gasteiger partial charge in [-0.2, -0.15) is 0 Å². The summed E-state index contributed by atoms with van der Waals surface area (Å²) in [5.74, 6) is 2.32. The van der Waals surface area contributed by atoms with Crippen molar-refractivity contribution in [3.05, 3.63) is 33.5 Å². The lowest BCUT2D eigenvalue weighted by atomic mass is 9.92. The summed E-state index contributed by atoms with van der Waals surface area (Å²) in [4.78, 5) is 10.4. The Morgan fingerprint density at radius 2 is 1.76 bits per heavy atom. The lowest BCUT2D eigenvalue weighted by Gasteiger charge is -2.21. The van der Waals surface area contributed by atoms with Crippen LogP contribution in [0.3, 0.4) is 0 Å². The highest BCUT2D eigenvalue weighted by Crippen LogP contribution is 2.31. The van der Waals surface area contributed by atoms with Crippen LogP contribution >= 0.6 is 34.4 Å². The minimum atomic E-state index is -0.0552. The maximum atomic E-state index is 6.07. The van der Waals surface area contributed by atoms with Gasteiger partial charge in [-0.1, -0.05) is 39.8 Å². The van der Waals surface area contributed by atoms with Crippen LogP contribution in [0, 0.1) is 3.57 Å². The standard InChI is InChI=1S/C16H20IN3S/c1-5-21-11-8-6-10(7-9-11)15-19-13(16(2,3)4)12(17)14(18)20-15/h6-9H,5H2,1-4H3,(H2,18,19,20). The van der Waals surface area contributed by atoms with Crippen molar-refractivity contribution in [1.82, 2.24) is 9.97 Å². The Balaban J connectivity index is 2.47. The second kappa shape index (κ2) is 6.52. The smallest absolute Gasteiger partial charge is 0.161 e. The minimum Gasteiger partial charge on any atom is -0.383 e. The Kier molecular flexibility index (Phi) is 5.14. The zero-order chi connectivity index (χ0) is 15.6. The van der Waals surface area contributed by atoms with Crippen LogP contribution in [0.1, 0.15) is 33.4 Å². The molecular weight excluding hydrogens is 393 g/mol. The summed E-state index contributed by atoms with van der Waals surface area (Å²) in [6.45, 7) is 8.57. The van der Waals surface area contributed by atoms with E-state index in [0.29, 0.717) is 11.6 Å². The van der Waals surface area contributed by atoms with E-state index in [-0.39, 0.29) is 5.41 Å². The number of nitrogens with zero attached hydrogens (tertiary/aromatic N) is 2. The van der Waals surface area contributed by atoms with Gasteiger partial charge in [-0.15, -0.1) is 11.8 Å². The van der Waals surface area contributed by atoms with Gasteiger partial charge < -0.3 is 5.73 Å². The maximum absolute atomic E-state index is 6.07. The molecule has 2 N–H and O–H groups in total. The number of hydrogen-bond donors (Lipinski definition) is 1. The van der Waals surface area contributed by atoms with Crippen LogP contribution in [-0.4, -0.2) is 15.7 Å². The first-order valence-electron chi connectivity index (χ1n) is 6.89. The molecule has 5 heteroatoms. The molecule has 0 aliphatic carbocycles. The molecule has 0 atom stereocenters. The average molecular weight is 413 g/mol. The molecule has 0 bridgehead atoms. The van der Waals surface area contributed by atoms with Crippen LogP contribution in [0.5, 0.6) is 0 Å². The average Bonchev–Trinajstić information content (AvgIpc) is 2.41. The molecule has 112 valence electrons. The van der Waals surface area contributed by atoms with Crippen LogP contribution in [0.25, 0.3) is 11.4 Å². The fourth-order valence-electron chi connectivity index (χ4n) is 1.96. The molecule has 1 aromatic carbocycles. The van der Waals surface area contributed by atoms with Crippen molar-refractivity contribution < 1.29 is 0 Å². The number of aromatic nitrogens is 2. The fraction of sp³-hybridized carbons (Fsp3) is 0.375. The first-order chi connectivity index (χ1) is 9.82. The molecule has 0 amide bonds. The quantitative estimate of drug-likeness (QED) is 0.584. The molecule has 0 aliphatic heterocycles. The van der Waals surface area contributed by atoms with Crippen LogP contribution in [-0.2, 0) is 5.41 Å². The molecular formula is C16H20IN3S. The Morgan fingerprint density at radius 3 is 2.29 bits per heavy atom. The SMILES string of the molecule is CCSc1ccc(-c2nc(N)c(I)c(C(C)(C)C)n2)cc1. The largest absolute Gasteiger partial charge is 0.383 e. The molecule has 2 rings (SSSR count). The summed E-state index contributed by atoms with van der Waals surface area (Å²) < 4.78 is 0.946. The summed E-state index contributed by atoms with van der Waals surface area (Å²) in [5.41, 5.74) is 8.02. The summed E-state index contributed by atoms with van der Waals surface area (Å²) in [6.07, 6.45) is 0.